The van der Waals surface area contributed by atoms with Crippen LogP contribution in [0.15, 0.2) is 47.4 Å². The van der Waals surface area contributed by atoms with Gasteiger partial charge in [-0.25, -0.2) is 12.7 Å². The molecule has 1 amide bonds. The van der Waals surface area contributed by atoms with Crippen LogP contribution in [0, 0.1) is 24.0 Å². The van der Waals surface area contributed by atoms with Crippen LogP contribution < -0.4 is 5.32 Å². The van der Waals surface area contributed by atoms with E-state index in [-0.39, 0.29) is 10.6 Å². The fourth-order valence-corrected chi connectivity index (χ4v) is 3.46. The molecule has 0 unspecified atom stereocenters. The molecule has 0 aromatic heterocycles. The Morgan fingerprint density at radius 3 is 2.43 bits per heavy atom. The van der Waals surface area contributed by atoms with Gasteiger partial charge in [-0.1, -0.05) is 12.1 Å². The van der Waals surface area contributed by atoms with Gasteiger partial charge >= 0.3 is 0 Å². The largest absolute Gasteiger partial charge is 0.322 e. The molecule has 2 rings (SSSR count). The fourth-order valence-electron chi connectivity index (χ4n) is 2.45. The third-order valence-electron chi connectivity index (χ3n) is 4.23. The van der Waals surface area contributed by atoms with Crippen LogP contribution in [0.2, 0.25) is 0 Å². The minimum absolute atomic E-state index is 0.0681. The zero-order chi connectivity index (χ0) is 21.1. The highest BCUT2D eigenvalue weighted by molar-refractivity contribution is 7.89. The SMILES string of the molecule is Cc1cc(S(=O)(=O)N(C)C)cc(NC(=O)/C=C/c2ccccc2[N+](=O)[O-])c1C. The number of carbonyl (C=O) groups excluding carboxylic acids is 1. The first-order valence-electron chi connectivity index (χ1n) is 8.30. The number of sulfonamides is 1. The number of nitro benzene ring substituents is 1. The van der Waals surface area contributed by atoms with Gasteiger partial charge < -0.3 is 5.32 Å². The van der Waals surface area contributed by atoms with Crippen molar-refractivity contribution in [3.63, 3.8) is 0 Å². The molecular weight excluding hydrogens is 382 g/mol. The predicted octanol–water partition coefficient (Wildman–Crippen LogP) is 3.11. The van der Waals surface area contributed by atoms with Crippen molar-refractivity contribution in [1.29, 1.82) is 0 Å². The van der Waals surface area contributed by atoms with Crippen molar-refractivity contribution in [3.8, 4) is 0 Å². The van der Waals surface area contributed by atoms with E-state index in [0.717, 1.165) is 9.87 Å². The highest BCUT2D eigenvalue weighted by atomic mass is 32.2. The van der Waals surface area contributed by atoms with E-state index in [1.165, 1.54) is 44.4 Å². The van der Waals surface area contributed by atoms with Crippen molar-refractivity contribution in [2.75, 3.05) is 19.4 Å². The topological polar surface area (TPSA) is 110 Å². The summed E-state index contributed by atoms with van der Waals surface area (Å²) in [5.41, 5.74) is 1.97. The van der Waals surface area contributed by atoms with Crippen LogP contribution in [-0.2, 0) is 14.8 Å². The molecular formula is C19H21N3O5S. The smallest absolute Gasteiger partial charge is 0.276 e. The maximum absolute atomic E-state index is 12.4. The standard InChI is InChI=1S/C19H21N3O5S/c1-13-11-16(28(26,27)21(3)4)12-17(14(13)2)20-19(23)10-9-15-7-5-6-8-18(15)22(24)25/h5-12H,1-4H3,(H,20,23)/b10-9+. The Balaban J connectivity index is 2.32. The van der Waals surface area contributed by atoms with E-state index in [4.69, 9.17) is 0 Å². The molecule has 28 heavy (non-hydrogen) atoms. The van der Waals surface area contributed by atoms with Gasteiger partial charge in [0.15, 0.2) is 0 Å². The fraction of sp³-hybridized carbons (Fsp3) is 0.211. The summed E-state index contributed by atoms with van der Waals surface area (Å²) in [6.45, 7) is 3.52. The van der Waals surface area contributed by atoms with Gasteiger partial charge in [0, 0.05) is 31.9 Å². The Morgan fingerprint density at radius 1 is 1.18 bits per heavy atom. The molecule has 0 aliphatic heterocycles. The van der Waals surface area contributed by atoms with E-state index in [2.05, 4.69) is 5.32 Å². The number of para-hydroxylation sites is 1. The predicted molar refractivity (Wildman–Crippen MR) is 108 cm³/mol. The van der Waals surface area contributed by atoms with Gasteiger partial charge in [0.05, 0.1) is 15.4 Å². The number of benzene rings is 2. The van der Waals surface area contributed by atoms with Crippen molar-refractivity contribution in [1.82, 2.24) is 4.31 Å². The molecule has 0 fully saturated rings. The molecule has 0 spiro atoms. The molecule has 2 aromatic rings. The second kappa shape index (κ2) is 8.32. The van der Waals surface area contributed by atoms with Crippen LogP contribution in [-0.4, -0.2) is 37.6 Å². The average molecular weight is 403 g/mol. The maximum Gasteiger partial charge on any atom is 0.276 e. The lowest BCUT2D eigenvalue weighted by Crippen LogP contribution is -2.22. The summed E-state index contributed by atoms with van der Waals surface area (Å²) in [5, 5.41) is 13.7. The Hall–Kier alpha value is -3.04. The van der Waals surface area contributed by atoms with Crippen LogP contribution in [0.25, 0.3) is 6.08 Å². The molecule has 0 heterocycles. The first-order chi connectivity index (χ1) is 13.0. The highest BCUT2D eigenvalue weighted by Crippen LogP contribution is 2.26. The highest BCUT2D eigenvalue weighted by Gasteiger charge is 2.20. The van der Waals surface area contributed by atoms with Crippen molar-refractivity contribution < 1.29 is 18.1 Å². The number of carbonyl (C=O) groups is 1. The van der Waals surface area contributed by atoms with Gasteiger partial charge in [0.1, 0.15) is 0 Å². The first kappa shape index (κ1) is 21.3. The third kappa shape index (κ3) is 4.62. The molecule has 0 aliphatic carbocycles. The lowest BCUT2D eigenvalue weighted by atomic mass is 10.1. The summed E-state index contributed by atoms with van der Waals surface area (Å²) in [6.07, 6.45) is 2.51. The molecule has 0 atom stereocenters. The van der Waals surface area contributed by atoms with Crippen molar-refractivity contribution in [2.45, 2.75) is 18.7 Å². The van der Waals surface area contributed by atoms with Gasteiger partial charge in [-0.3, -0.25) is 14.9 Å². The van der Waals surface area contributed by atoms with Crippen molar-refractivity contribution in [3.05, 3.63) is 69.3 Å². The molecule has 0 radical (unpaired) electrons. The quantitative estimate of drug-likeness (QED) is 0.453. The number of amides is 1. The minimum Gasteiger partial charge on any atom is -0.322 e. The summed E-state index contributed by atoms with van der Waals surface area (Å²) in [7, 11) is -0.798. The van der Waals surface area contributed by atoms with Gasteiger partial charge in [-0.05, 0) is 49.2 Å². The van der Waals surface area contributed by atoms with E-state index in [1.54, 1.807) is 32.0 Å². The zero-order valence-electron chi connectivity index (χ0n) is 16.0. The van der Waals surface area contributed by atoms with Crippen molar-refractivity contribution >= 4 is 33.4 Å². The molecule has 148 valence electrons. The van der Waals surface area contributed by atoms with Crippen LogP contribution >= 0.6 is 0 Å². The Labute approximate surface area is 163 Å². The Kier molecular flexibility index (Phi) is 6.32. The number of anilines is 1. The summed E-state index contributed by atoms with van der Waals surface area (Å²) >= 11 is 0. The van der Waals surface area contributed by atoms with Crippen LogP contribution in [0.5, 0.6) is 0 Å². The number of aryl methyl sites for hydroxylation is 1. The molecule has 0 saturated heterocycles. The number of nitrogens with zero attached hydrogens (tertiary/aromatic N) is 2. The van der Waals surface area contributed by atoms with Gasteiger partial charge in [0.2, 0.25) is 15.9 Å². The lowest BCUT2D eigenvalue weighted by Gasteiger charge is -2.16. The number of nitrogens with one attached hydrogen (secondary N) is 1. The average Bonchev–Trinajstić information content (AvgIpc) is 2.63. The maximum atomic E-state index is 12.4. The van der Waals surface area contributed by atoms with Crippen LogP contribution in [0.4, 0.5) is 11.4 Å². The van der Waals surface area contributed by atoms with E-state index >= 15 is 0 Å². The molecule has 0 bridgehead atoms. The molecule has 0 saturated carbocycles. The normalized spacial score (nSPS) is 11.8. The molecule has 0 aliphatic rings. The van der Waals surface area contributed by atoms with Gasteiger partial charge in [-0.15, -0.1) is 0 Å². The molecule has 2 aromatic carbocycles. The molecule has 1 N–H and O–H groups in total. The second-order valence-electron chi connectivity index (χ2n) is 6.34. The summed E-state index contributed by atoms with van der Waals surface area (Å²) in [4.78, 5) is 22.9. The number of nitro groups is 1. The molecule has 8 nitrogen and oxygen atoms in total. The third-order valence-corrected chi connectivity index (χ3v) is 6.02. The second-order valence-corrected chi connectivity index (χ2v) is 8.49. The minimum atomic E-state index is -3.66. The first-order valence-corrected chi connectivity index (χ1v) is 9.74. The summed E-state index contributed by atoms with van der Waals surface area (Å²) < 4.78 is 25.9. The molecule has 9 heteroatoms. The zero-order valence-corrected chi connectivity index (χ0v) is 16.8. The lowest BCUT2D eigenvalue weighted by molar-refractivity contribution is -0.385. The monoisotopic (exact) mass is 403 g/mol. The van der Waals surface area contributed by atoms with Crippen molar-refractivity contribution in [2.24, 2.45) is 0 Å². The van der Waals surface area contributed by atoms with Gasteiger partial charge in [-0.2, -0.15) is 0 Å². The Morgan fingerprint density at radius 2 is 1.82 bits per heavy atom. The summed E-state index contributed by atoms with van der Waals surface area (Å²) in [6, 6.07) is 8.99. The number of hydrogen-bond donors (Lipinski definition) is 1. The number of rotatable bonds is 6. The van der Waals surface area contributed by atoms with Crippen LogP contribution in [0.3, 0.4) is 0 Å². The Bertz CT molecular complexity index is 1060. The van der Waals surface area contributed by atoms with E-state index in [9.17, 15) is 23.3 Å². The van der Waals surface area contributed by atoms with E-state index in [1.807, 2.05) is 0 Å². The van der Waals surface area contributed by atoms with E-state index in [0.29, 0.717) is 16.8 Å². The van der Waals surface area contributed by atoms with E-state index < -0.39 is 20.9 Å². The van der Waals surface area contributed by atoms with Crippen LogP contribution in [0.1, 0.15) is 16.7 Å². The number of hydrogen-bond acceptors (Lipinski definition) is 5. The van der Waals surface area contributed by atoms with Gasteiger partial charge in [0.25, 0.3) is 5.69 Å². The summed E-state index contributed by atoms with van der Waals surface area (Å²) in [5.74, 6) is -0.528.